The zero-order valence-electron chi connectivity index (χ0n) is 13.2. The van der Waals surface area contributed by atoms with Gasteiger partial charge in [0.1, 0.15) is 5.75 Å². The van der Waals surface area contributed by atoms with Crippen molar-refractivity contribution in [2.75, 3.05) is 13.2 Å². The van der Waals surface area contributed by atoms with E-state index < -0.39 is 0 Å². The van der Waals surface area contributed by atoms with Crippen molar-refractivity contribution in [3.8, 4) is 5.75 Å². The first-order chi connectivity index (χ1) is 11.7. The van der Waals surface area contributed by atoms with Crippen LogP contribution in [0.15, 0.2) is 46.9 Å². The topological polar surface area (TPSA) is 77.0 Å². The van der Waals surface area contributed by atoms with Crippen molar-refractivity contribution in [3.63, 3.8) is 0 Å². The highest BCUT2D eigenvalue weighted by Gasteiger charge is 2.07. The molecule has 6 nitrogen and oxygen atoms in total. The Kier molecular flexibility index (Phi) is 6.97. The van der Waals surface area contributed by atoms with Crippen LogP contribution in [-0.4, -0.2) is 31.3 Å². The van der Waals surface area contributed by atoms with E-state index in [-0.39, 0.29) is 18.5 Å². The van der Waals surface area contributed by atoms with Gasteiger partial charge in [0, 0.05) is 4.88 Å². The minimum atomic E-state index is -0.371. The van der Waals surface area contributed by atoms with Crippen molar-refractivity contribution in [1.29, 1.82) is 0 Å². The second kappa shape index (κ2) is 9.46. The molecule has 0 spiro atoms. The second-order valence-electron chi connectivity index (χ2n) is 4.76. The number of carbonyl (C=O) groups excluding carboxylic acids is 2. The Bertz CT molecular complexity index is 681. The number of hydrogen-bond donors (Lipinski definition) is 1. The Balaban J connectivity index is 1.75. The highest BCUT2D eigenvalue weighted by atomic mass is 32.1. The normalized spacial score (nSPS) is 10.5. The molecule has 1 amide bonds. The van der Waals surface area contributed by atoms with Crippen LogP contribution in [0.3, 0.4) is 0 Å². The Morgan fingerprint density at radius 3 is 2.71 bits per heavy atom. The van der Waals surface area contributed by atoms with Crippen molar-refractivity contribution in [2.45, 2.75) is 13.3 Å². The molecule has 1 N–H and O–H groups in total. The number of benzene rings is 1. The van der Waals surface area contributed by atoms with Gasteiger partial charge in [-0.1, -0.05) is 13.0 Å². The molecular formula is C17H18N2O4S. The highest BCUT2D eigenvalue weighted by molar-refractivity contribution is 7.11. The van der Waals surface area contributed by atoms with Crippen LogP contribution in [0, 0.1) is 0 Å². The van der Waals surface area contributed by atoms with Crippen LogP contribution in [0.1, 0.15) is 28.6 Å². The summed E-state index contributed by atoms with van der Waals surface area (Å²) in [4.78, 5) is 24.2. The van der Waals surface area contributed by atoms with Crippen LogP contribution in [0.5, 0.6) is 5.75 Å². The SMILES string of the molecule is CCCOC(=O)c1ccc(OCC(=O)N/N=C/c2cccs2)cc1. The van der Waals surface area contributed by atoms with E-state index in [2.05, 4.69) is 10.5 Å². The molecule has 0 aliphatic carbocycles. The van der Waals surface area contributed by atoms with Crippen LogP contribution < -0.4 is 10.2 Å². The van der Waals surface area contributed by atoms with Crippen molar-refractivity contribution in [1.82, 2.24) is 5.43 Å². The number of amides is 1. The molecule has 0 radical (unpaired) electrons. The first-order valence-corrected chi connectivity index (χ1v) is 8.32. The molecule has 0 aliphatic heterocycles. The number of ether oxygens (including phenoxy) is 2. The maximum Gasteiger partial charge on any atom is 0.338 e. The fraction of sp³-hybridized carbons (Fsp3) is 0.235. The van der Waals surface area contributed by atoms with E-state index in [1.807, 2.05) is 24.4 Å². The molecule has 0 fully saturated rings. The highest BCUT2D eigenvalue weighted by Crippen LogP contribution is 2.13. The van der Waals surface area contributed by atoms with Gasteiger partial charge in [0.25, 0.3) is 5.91 Å². The Hall–Kier alpha value is -2.67. The quantitative estimate of drug-likeness (QED) is 0.453. The Morgan fingerprint density at radius 2 is 2.04 bits per heavy atom. The summed E-state index contributed by atoms with van der Waals surface area (Å²) in [5.74, 6) is -0.252. The van der Waals surface area contributed by atoms with Crippen LogP contribution in [0.2, 0.25) is 0 Å². The van der Waals surface area contributed by atoms with E-state index in [0.29, 0.717) is 17.9 Å². The van der Waals surface area contributed by atoms with Gasteiger partial charge < -0.3 is 9.47 Å². The summed E-state index contributed by atoms with van der Waals surface area (Å²) < 4.78 is 10.4. The van der Waals surface area contributed by atoms with Gasteiger partial charge in [-0.2, -0.15) is 5.10 Å². The maximum atomic E-state index is 11.7. The lowest BCUT2D eigenvalue weighted by Gasteiger charge is -2.06. The van der Waals surface area contributed by atoms with Crippen molar-refractivity contribution in [3.05, 3.63) is 52.2 Å². The molecule has 1 aromatic carbocycles. The third-order valence-electron chi connectivity index (χ3n) is 2.82. The molecule has 0 aliphatic rings. The monoisotopic (exact) mass is 346 g/mol. The minimum absolute atomic E-state index is 0.165. The molecule has 2 aromatic rings. The molecule has 1 heterocycles. The van der Waals surface area contributed by atoms with Gasteiger partial charge in [-0.3, -0.25) is 4.79 Å². The smallest absolute Gasteiger partial charge is 0.338 e. The van der Waals surface area contributed by atoms with Gasteiger partial charge >= 0.3 is 5.97 Å². The Morgan fingerprint density at radius 1 is 1.25 bits per heavy atom. The zero-order chi connectivity index (χ0) is 17.2. The molecule has 0 unspecified atom stereocenters. The predicted octanol–water partition coefficient (Wildman–Crippen LogP) is 2.84. The van der Waals surface area contributed by atoms with Crippen molar-refractivity contribution in [2.24, 2.45) is 5.10 Å². The third kappa shape index (κ3) is 5.85. The number of esters is 1. The zero-order valence-corrected chi connectivity index (χ0v) is 14.0. The average molecular weight is 346 g/mol. The Labute approximate surface area is 144 Å². The number of rotatable bonds is 8. The van der Waals surface area contributed by atoms with Gasteiger partial charge in [0.05, 0.1) is 18.4 Å². The van der Waals surface area contributed by atoms with E-state index >= 15 is 0 Å². The molecule has 2 rings (SSSR count). The van der Waals surface area contributed by atoms with E-state index in [1.54, 1.807) is 30.5 Å². The fourth-order valence-electron chi connectivity index (χ4n) is 1.68. The van der Waals surface area contributed by atoms with Crippen LogP contribution in [0.25, 0.3) is 0 Å². The second-order valence-corrected chi connectivity index (χ2v) is 5.74. The summed E-state index contributed by atoms with van der Waals surface area (Å²) in [5.41, 5.74) is 2.83. The standard InChI is InChI=1S/C17H18N2O4S/c1-2-9-22-17(21)13-5-7-14(8-6-13)23-12-16(20)19-18-11-15-4-3-10-24-15/h3-8,10-11H,2,9,12H2,1H3,(H,19,20)/b18-11+. The lowest BCUT2D eigenvalue weighted by Crippen LogP contribution is -2.24. The van der Waals surface area contributed by atoms with Gasteiger partial charge in [0.2, 0.25) is 0 Å². The molecule has 1 aromatic heterocycles. The number of nitrogens with zero attached hydrogens (tertiary/aromatic N) is 1. The molecule has 0 bridgehead atoms. The average Bonchev–Trinajstić information content (AvgIpc) is 3.11. The largest absolute Gasteiger partial charge is 0.484 e. The van der Waals surface area contributed by atoms with Gasteiger partial charge in [-0.25, -0.2) is 10.2 Å². The van der Waals surface area contributed by atoms with E-state index in [0.717, 1.165) is 11.3 Å². The fourth-order valence-corrected chi connectivity index (χ4v) is 2.26. The van der Waals surface area contributed by atoms with Crippen LogP contribution in [-0.2, 0) is 9.53 Å². The number of hydrogen-bond acceptors (Lipinski definition) is 6. The molecule has 24 heavy (non-hydrogen) atoms. The number of nitrogens with one attached hydrogen (secondary N) is 1. The lowest BCUT2D eigenvalue weighted by atomic mass is 10.2. The molecule has 0 atom stereocenters. The number of hydrazone groups is 1. The van der Waals surface area contributed by atoms with E-state index in [1.165, 1.54) is 11.3 Å². The first-order valence-electron chi connectivity index (χ1n) is 7.44. The van der Waals surface area contributed by atoms with Crippen LogP contribution in [0.4, 0.5) is 0 Å². The first kappa shape index (κ1) is 17.7. The van der Waals surface area contributed by atoms with Gasteiger partial charge in [-0.15, -0.1) is 11.3 Å². The summed E-state index contributed by atoms with van der Waals surface area (Å²) in [7, 11) is 0. The molecule has 0 saturated carbocycles. The molecule has 126 valence electrons. The molecule has 7 heteroatoms. The third-order valence-corrected chi connectivity index (χ3v) is 3.63. The summed E-state index contributed by atoms with van der Waals surface area (Å²) in [6, 6.07) is 10.2. The van der Waals surface area contributed by atoms with Crippen molar-refractivity contribution >= 4 is 29.4 Å². The van der Waals surface area contributed by atoms with Crippen LogP contribution >= 0.6 is 11.3 Å². The summed E-state index contributed by atoms with van der Waals surface area (Å²) in [5, 5.41) is 5.76. The summed E-state index contributed by atoms with van der Waals surface area (Å²) in [6.07, 6.45) is 2.34. The lowest BCUT2D eigenvalue weighted by molar-refractivity contribution is -0.123. The molecule has 0 saturated heterocycles. The molecular weight excluding hydrogens is 328 g/mol. The predicted molar refractivity (Wildman–Crippen MR) is 92.6 cm³/mol. The van der Waals surface area contributed by atoms with E-state index in [4.69, 9.17) is 9.47 Å². The summed E-state index contributed by atoms with van der Waals surface area (Å²) >= 11 is 1.52. The summed E-state index contributed by atoms with van der Waals surface area (Å²) in [6.45, 7) is 2.16. The number of thiophene rings is 1. The maximum absolute atomic E-state index is 11.7. The minimum Gasteiger partial charge on any atom is -0.484 e. The van der Waals surface area contributed by atoms with Gasteiger partial charge in [0.15, 0.2) is 6.61 Å². The van der Waals surface area contributed by atoms with Gasteiger partial charge in [-0.05, 0) is 42.1 Å². The van der Waals surface area contributed by atoms with E-state index in [9.17, 15) is 9.59 Å². The van der Waals surface area contributed by atoms with Crippen molar-refractivity contribution < 1.29 is 19.1 Å². The number of carbonyl (C=O) groups is 2.